The lowest BCUT2D eigenvalue weighted by Crippen LogP contribution is -2.49. The molecule has 2 fully saturated rings. The highest BCUT2D eigenvalue weighted by atomic mass is 19.3. The van der Waals surface area contributed by atoms with Gasteiger partial charge in [-0.3, -0.25) is 14.2 Å². The summed E-state index contributed by atoms with van der Waals surface area (Å²) in [4.78, 5) is 6.90. The molecule has 0 unspecified atom stereocenters. The number of hydrogen-bond donors (Lipinski definition) is 1. The number of likely N-dealkylation sites (tertiary alicyclic amines) is 1. The average molecular weight is 506 g/mol. The van der Waals surface area contributed by atoms with Crippen LogP contribution < -0.4 is 4.74 Å². The van der Waals surface area contributed by atoms with Gasteiger partial charge in [0.25, 0.3) is 6.43 Å². The molecule has 1 saturated carbocycles. The molecule has 0 amide bonds. The van der Waals surface area contributed by atoms with E-state index in [2.05, 4.69) is 4.98 Å². The van der Waals surface area contributed by atoms with Crippen LogP contribution in [0.1, 0.15) is 35.7 Å². The molecule has 2 aromatic carbocycles. The van der Waals surface area contributed by atoms with Gasteiger partial charge in [0.15, 0.2) is 0 Å². The lowest BCUT2D eigenvalue weighted by atomic mass is 9.86. The second-order valence-corrected chi connectivity index (χ2v) is 10.3. The molecule has 0 radical (unpaired) electrons. The molecule has 3 aromatic rings. The molecule has 3 heterocycles. The molecule has 9 heteroatoms. The second kappa shape index (κ2) is 9.03. The minimum atomic E-state index is -2.64. The number of hydrogen-bond acceptors (Lipinski definition) is 3. The zero-order valence-corrected chi connectivity index (χ0v) is 19.8. The summed E-state index contributed by atoms with van der Waals surface area (Å²) in [6.45, 7) is 1.14. The van der Waals surface area contributed by atoms with Gasteiger partial charge < -0.3 is 9.72 Å². The largest absolute Gasteiger partial charge is 0.492 e. The molecule has 2 aliphatic heterocycles. The standard InChI is InChI=1S/C27H28F5N3O/c28-12-16-13-34(14-16)7-8-36-17-9-20(29)24(21(30)10-17)26-25-19(18-3-1-2-4-22(18)33-25)11-27(5-6-27)35(26)15-23(31)32/h1-4,9-10,16,23,26,33H,5-8,11-15H2/t26-/m0/s1. The normalized spacial score (nSPS) is 21.8. The van der Waals surface area contributed by atoms with Crippen molar-refractivity contribution in [1.82, 2.24) is 14.8 Å². The van der Waals surface area contributed by atoms with Crippen LogP contribution in [0.3, 0.4) is 0 Å². The maximum atomic E-state index is 15.6. The van der Waals surface area contributed by atoms with Crippen LogP contribution in [0.15, 0.2) is 36.4 Å². The summed E-state index contributed by atoms with van der Waals surface area (Å²) in [6, 6.07) is 8.89. The molecule has 1 aliphatic carbocycles. The van der Waals surface area contributed by atoms with E-state index < -0.39 is 36.2 Å². The van der Waals surface area contributed by atoms with E-state index in [1.165, 1.54) is 0 Å². The first-order valence-corrected chi connectivity index (χ1v) is 12.4. The Bertz CT molecular complexity index is 1240. The van der Waals surface area contributed by atoms with Gasteiger partial charge >= 0.3 is 0 Å². The number of benzene rings is 2. The fourth-order valence-electron chi connectivity index (χ4n) is 6.02. The van der Waals surface area contributed by atoms with Gasteiger partial charge in [0, 0.05) is 65.4 Å². The smallest absolute Gasteiger partial charge is 0.251 e. The number of ether oxygens (including phenoxy) is 1. The van der Waals surface area contributed by atoms with Crippen molar-refractivity contribution in [3.63, 3.8) is 0 Å². The molecule has 36 heavy (non-hydrogen) atoms. The van der Waals surface area contributed by atoms with E-state index in [-0.39, 0.29) is 30.5 Å². The van der Waals surface area contributed by atoms with Crippen LogP contribution in [0.2, 0.25) is 0 Å². The highest BCUT2D eigenvalue weighted by molar-refractivity contribution is 5.85. The number of nitrogens with zero attached hydrogens (tertiary/aromatic N) is 2. The van der Waals surface area contributed by atoms with E-state index >= 15 is 8.78 Å². The number of H-pyrrole nitrogens is 1. The second-order valence-electron chi connectivity index (χ2n) is 10.3. The fraction of sp³-hybridized carbons (Fsp3) is 0.481. The molecule has 0 bridgehead atoms. The summed E-state index contributed by atoms with van der Waals surface area (Å²) < 4.78 is 76.8. The Morgan fingerprint density at radius 2 is 1.81 bits per heavy atom. The van der Waals surface area contributed by atoms with E-state index in [0.29, 0.717) is 44.6 Å². The molecule has 1 saturated heterocycles. The molecule has 1 N–H and O–H groups in total. The monoisotopic (exact) mass is 505 g/mol. The number of halogens is 5. The minimum absolute atomic E-state index is 0.0468. The number of nitrogens with one attached hydrogen (secondary N) is 1. The summed E-state index contributed by atoms with van der Waals surface area (Å²) >= 11 is 0. The van der Waals surface area contributed by atoms with E-state index in [0.717, 1.165) is 28.6 Å². The zero-order valence-electron chi connectivity index (χ0n) is 19.8. The van der Waals surface area contributed by atoms with Crippen LogP contribution >= 0.6 is 0 Å². The maximum absolute atomic E-state index is 15.6. The van der Waals surface area contributed by atoms with Crippen LogP contribution in [0.4, 0.5) is 22.0 Å². The van der Waals surface area contributed by atoms with Gasteiger partial charge in [-0.2, -0.15) is 0 Å². The Hall–Kier alpha value is -2.65. The summed E-state index contributed by atoms with van der Waals surface area (Å²) in [5, 5.41) is 0.960. The quantitative estimate of drug-likeness (QED) is 0.412. The number of alkyl halides is 3. The van der Waals surface area contributed by atoms with E-state index in [4.69, 9.17) is 4.74 Å². The molecular weight excluding hydrogens is 477 g/mol. The third-order valence-electron chi connectivity index (χ3n) is 7.96. The molecule has 3 aliphatic rings. The maximum Gasteiger partial charge on any atom is 0.251 e. The van der Waals surface area contributed by atoms with Crippen LogP contribution in [0.5, 0.6) is 5.75 Å². The van der Waals surface area contributed by atoms with Crippen molar-refractivity contribution < 1.29 is 26.7 Å². The zero-order chi connectivity index (χ0) is 25.0. The van der Waals surface area contributed by atoms with Crippen molar-refractivity contribution in [2.24, 2.45) is 5.92 Å². The van der Waals surface area contributed by atoms with Gasteiger partial charge in [-0.25, -0.2) is 17.6 Å². The van der Waals surface area contributed by atoms with E-state index in [1.807, 2.05) is 29.2 Å². The lowest BCUT2D eigenvalue weighted by Gasteiger charge is -2.43. The molecule has 1 aromatic heterocycles. The van der Waals surface area contributed by atoms with Crippen molar-refractivity contribution in [1.29, 1.82) is 0 Å². The fourth-order valence-corrected chi connectivity index (χ4v) is 6.02. The molecule has 1 atom stereocenters. The summed E-state index contributed by atoms with van der Waals surface area (Å²) in [7, 11) is 0. The van der Waals surface area contributed by atoms with Gasteiger partial charge in [-0.05, 0) is 30.9 Å². The number of rotatable bonds is 8. The Kier molecular flexibility index (Phi) is 5.95. The highest BCUT2D eigenvalue weighted by Crippen LogP contribution is 2.55. The van der Waals surface area contributed by atoms with E-state index in [9.17, 15) is 13.2 Å². The van der Waals surface area contributed by atoms with Gasteiger partial charge in [0.2, 0.25) is 0 Å². The molecular formula is C27H28F5N3O. The molecule has 192 valence electrons. The average Bonchev–Trinajstić information content (AvgIpc) is 3.49. The van der Waals surface area contributed by atoms with Crippen molar-refractivity contribution in [2.75, 3.05) is 39.5 Å². The topological polar surface area (TPSA) is 31.5 Å². The SMILES string of the molecule is FCC1CN(CCOc2cc(F)c([C@H]3c4[nH]c5ccccc5c4CC4(CC4)N3CC(F)F)c(F)c2)C1. The first-order valence-electron chi connectivity index (χ1n) is 12.4. The van der Waals surface area contributed by atoms with Crippen molar-refractivity contribution in [3.8, 4) is 5.75 Å². The third-order valence-corrected chi connectivity index (χ3v) is 7.96. The van der Waals surface area contributed by atoms with Crippen molar-refractivity contribution in [2.45, 2.75) is 37.3 Å². The number of para-hydroxylation sites is 1. The van der Waals surface area contributed by atoms with Gasteiger partial charge in [0.05, 0.1) is 19.3 Å². The molecule has 6 rings (SSSR count). The number of aromatic nitrogens is 1. The van der Waals surface area contributed by atoms with Crippen LogP contribution in [0, 0.1) is 17.6 Å². The van der Waals surface area contributed by atoms with Crippen LogP contribution in [-0.2, 0) is 6.42 Å². The predicted molar refractivity (Wildman–Crippen MR) is 126 cm³/mol. The molecule has 4 nitrogen and oxygen atoms in total. The Labute approximate surface area is 206 Å². The van der Waals surface area contributed by atoms with Crippen molar-refractivity contribution in [3.05, 3.63) is 64.9 Å². The summed E-state index contributed by atoms with van der Waals surface area (Å²) in [5.74, 6) is -1.54. The van der Waals surface area contributed by atoms with Crippen molar-refractivity contribution >= 4 is 10.9 Å². The Morgan fingerprint density at radius 1 is 1.08 bits per heavy atom. The Balaban J connectivity index is 1.33. The number of aromatic amines is 1. The van der Waals surface area contributed by atoms with E-state index in [1.54, 1.807) is 4.90 Å². The first-order chi connectivity index (χ1) is 17.4. The van der Waals surface area contributed by atoms with Gasteiger partial charge in [0.1, 0.15) is 24.0 Å². The van der Waals surface area contributed by atoms with Gasteiger partial charge in [-0.15, -0.1) is 0 Å². The van der Waals surface area contributed by atoms with Crippen LogP contribution in [0.25, 0.3) is 10.9 Å². The number of fused-ring (bicyclic) bond motifs is 3. The summed E-state index contributed by atoms with van der Waals surface area (Å²) in [6.07, 6.45) is -0.651. The first kappa shape index (κ1) is 23.7. The molecule has 1 spiro atoms. The Morgan fingerprint density at radius 3 is 2.47 bits per heavy atom. The predicted octanol–water partition coefficient (Wildman–Crippen LogP) is 5.47. The third kappa shape index (κ3) is 4.06. The summed E-state index contributed by atoms with van der Waals surface area (Å²) in [5.41, 5.74) is 1.57. The van der Waals surface area contributed by atoms with Crippen LogP contribution in [-0.4, -0.2) is 66.2 Å². The lowest BCUT2D eigenvalue weighted by molar-refractivity contribution is 0.0292. The van der Waals surface area contributed by atoms with Gasteiger partial charge in [-0.1, -0.05) is 18.2 Å². The highest BCUT2D eigenvalue weighted by Gasteiger charge is 2.56. The minimum Gasteiger partial charge on any atom is -0.492 e.